The van der Waals surface area contributed by atoms with Gasteiger partial charge in [-0.1, -0.05) is 146 Å². The molecule has 0 radical (unpaired) electrons. The topological polar surface area (TPSA) is 16.4 Å². The molecule has 50 heavy (non-hydrogen) atoms. The summed E-state index contributed by atoms with van der Waals surface area (Å²) in [7, 11) is 0. The summed E-state index contributed by atoms with van der Waals surface area (Å²) in [6.45, 7) is 0. The molecule has 2 nitrogen and oxygen atoms in total. The van der Waals surface area contributed by atoms with Crippen LogP contribution in [-0.2, 0) is 0 Å². The fraction of sp³-hybridized carbons (Fsp3) is 0. The Bertz CT molecular complexity index is 2870. The molecule has 1 aromatic heterocycles. The molecule has 0 amide bonds. The summed E-state index contributed by atoms with van der Waals surface area (Å²) in [4.78, 5) is 2.42. The van der Waals surface area contributed by atoms with E-state index in [9.17, 15) is 0 Å². The van der Waals surface area contributed by atoms with Gasteiger partial charge in [-0.2, -0.15) is 0 Å². The zero-order valence-electron chi connectivity index (χ0n) is 27.3. The van der Waals surface area contributed by atoms with Crippen molar-refractivity contribution in [2.45, 2.75) is 0 Å². The van der Waals surface area contributed by atoms with Crippen LogP contribution in [0.1, 0.15) is 0 Å². The van der Waals surface area contributed by atoms with Crippen molar-refractivity contribution in [3.8, 4) is 22.3 Å². The van der Waals surface area contributed by atoms with Crippen LogP contribution in [0.4, 0.5) is 17.1 Å². The molecule has 1 heterocycles. The number of anilines is 3. The Morgan fingerprint density at radius 3 is 1.86 bits per heavy atom. The summed E-state index contributed by atoms with van der Waals surface area (Å²) in [6.07, 6.45) is 0. The SMILES string of the molecule is c1ccc(-c2ccc(N(c3ccccc3-c3cc4ccccc4c4ccccc34)c3cccc4ccc5c6ccccc6oc5c34)cc2)cc1. The minimum atomic E-state index is 0.895. The molecule has 0 saturated carbocycles. The quantitative estimate of drug-likeness (QED) is 0.175. The number of para-hydroxylation sites is 2. The van der Waals surface area contributed by atoms with E-state index in [2.05, 4.69) is 187 Å². The van der Waals surface area contributed by atoms with Crippen molar-refractivity contribution < 1.29 is 4.42 Å². The third kappa shape index (κ3) is 4.50. The van der Waals surface area contributed by atoms with Gasteiger partial charge in [0.2, 0.25) is 0 Å². The highest BCUT2D eigenvalue weighted by Gasteiger charge is 2.23. The van der Waals surface area contributed by atoms with Crippen LogP contribution in [-0.4, -0.2) is 0 Å². The molecule has 0 fully saturated rings. The van der Waals surface area contributed by atoms with Gasteiger partial charge in [0.1, 0.15) is 11.2 Å². The van der Waals surface area contributed by atoms with Crippen molar-refractivity contribution in [1.82, 2.24) is 0 Å². The lowest BCUT2D eigenvalue weighted by Gasteiger charge is -2.29. The number of fused-ring (bicyclic) bond motifs is 8. The van der Waals surface area contributed by atoms with Crippen molar-refractivity contribution in [3.63, 3.8) is 0 Å². The minimum Gasteiger partial charge on any atom is -0.455 e. The number of furan rings is 1. The largest absolute Gasteiger partial charge is 0.455 e. The minimum absolute atomic E-state index is 0.895. The van der Waals surface area contributed by atoms with Gasteiger partial charge >= 0.3 is 0 Å². The molecule has 10 rings (SSSR count). The average Bonchev–Trinajstić information content (AvgIpc) is 3.58. The van der Waals surface area contributed by atoms with E-state index in [0.717, 1.165) is 55.3 Å². The Labute approximate surface area is 290 Å². The lowest BCUT2D eigenvalue weighted by atomic mass is 9.92. The van der Waals surface area contributed by atoms with Gasteiger partial charge in [0, 0.05) is 27.4 Å². The Balaban J connectivity index is 1.28. The maximum atomic E-state index is 6.70. The van der Waals surface area contributed by atoms with E-state index in [4.69, 9.17) is 4.42 Å². The van der Waals surface area contributed by atoms with Gasteiger partial charge in [-0.15, -0.1) is 0 Å². The van der Waals surface area contributed by atoms with E-state index < -0.39 is 0 Å². The van der Waals surface area contributed by atoms with Crippen molar-refractivity contribution >= 4 is 71.3 Å². The van der Waals surface area contributed by atoms with E-state index in [1.807, 2.05) is 6.07 Å². The highest BCUT2D eigenvalue weighted by Crippen LogP contribution is 2.48. The van der Waals surface area contributed by atoms with Crippen LogP contribution in [0.2, 0.25) is 0 Å². The lowest BCUT2D eigenvalue weighted by Crippen LogP contribution is -2.12. The summed E-state index contributed by atoms with van der Waals surface area (Å²) < 4.78 is 6.70. The smallest absolute Gasteiger partial charge is 0.145 e. The summed E-state index contributed by atoms with van der Waals surface area (Å²) in [5.74, 6) is 0. The highest BCUT2D eigenvalue weighted by atomic mass is 16.3. The predicted octanol–water partition coefficient (Wildman–Crippen LogP) is 13.8. The molecular formula is C48H31NO. The number of hydrogen-bond donors (Lipinski definition) is 0. The number of benzene rings is 9. The van der Waals surface area contributed by atoms with Crippen LogP contribution in [0.25, 0.3) is 76.5 Å². The first kappa shape index (κ1) is 28.4. The molecule has 0 atom stereocenters. The molecule has 0 bridgehead atoms. The Morgan fingerprint density at radius 1 is 0.360 bits per heavy atom. The Kier molecular flexibility index (Phi) is 6.53. The van der Waals surface area contributed by atoms with Gasteiger partial charge in [0.15, 0.2) is 0 Å². The third-order valence-electron chi connectivity index (χ3n) is 10.0. The summed E-state index contributed by atoms with van der Waals surface area (Å²) in [5.41, 5.74) is 9.78. The van der Waals surface area contributed by atoms with Crippen LogP contribution in [0.15, 0.2) is 192 Å². The Morgan fingerprint density at radius 2 is 1.00 bits per heavy atom. The maximum Gasteiger partial charge on any atom is 0.145 e. The maximum absolute atomic E-state index is 6.70. The fourth-order valence-corrected chi connectivity index (χ4v) is 7.73. The van der Waals surface area contributed by atoms with Crippen molar-refractivity contribution in [2.24, 2.45) is 0 Å². The van der Waals surface area contributed by atoms with E-state index >= 15 is 0 Å². The van der Waals surface area contributed by atoms with Gasteiger partial charge < -0.3 is 9.32 Å². The van der Waals surface area contributed by atoms with E-state index in [-0.39, 0.29) is 0 Å². The number of rotatable bonds is 5. The second-order valence-corrected chi connectivity index (χ2v) is 12.9. The normalized spacial score (nSPS) is 11.6. The van der Waals surface area contributed by atoms with E-state index in [0.29, 0.717) is 0 Å². The molecule has 234 valence electrons. The highest BCUT2D eigenvalue weighted by molar-refractivity contribution is 6.20. The zero-order chi connectivity index (χ0) is 33.0. The van der Waals surface area contributed by atoms with Gasteiger partial charge in [0.05, 0.1) is 11.4 Å². The molecule has 0 aliphatic rings. The van der Waals surface area contributed by atoms with Gasteiger partial charge in [-0.05, 0) is 86.1 Å². The predicted molar refractivity (Wildman–Crippen MR) is 212 cm³/mol. The molecule has 0 aliphatic carbocycles. The zero-order valence-corrected chi connectivity index (χ0v) is 27.3. The van der Waals surface area contributed by atoms with Crippen LogP contribution in [0.3, 0.4) is 0 Å². The van der Waals surface area contributed by atoms with Crippen molar-refractivity contribution in [1.29, 1.82) is 0 Å². The molecule has 0 unspecified atom stereocenters. The van der Waals surface area contributed by atoms with E-state index in [1.54, 1.807) is 0 Å². The molecule has 0 aliphatic heterocycles. The van der Waals surface area contributed by atoms with Gasteiger partial charge in [-0.25, -0.2) is 0 Å². The van der Waals surface area contributed by atoms with Crippen molar-refractivity contribution in [2.75, 3.05) is 4.90 Å². The fourth-order valence-electron chi connectivity index (χ4n) is 7.73. The molecule has 0 saturated heterocycles. The lowest BCUT2D eigenvalue weighted by molar-refractivity contribution is 0.672. The van der Waals surface area contributed by atoms with E-state index in [1.165, 1.54) is 38.2 Å². The second kappa shape index (κ2) is 11.5. The van der Waals surface area contributed by atoms with Crippen molar-refractivity contribution in [3.05, 3.63) is 188 Å². The summed E-state index contributed by atoms with van der Waals surface area (Å²) in [5, 5.41) is 9.44. The molecular weight excluding hydrogens is 607 g/mol. The van der Waals surface area contributed by atoms with Crippen LogP contribution >= 0.6 is 0 Å². The van der Waals surface area contributed by atoms with Crippen LogP contribution < -0.4 is 4.90 Å². The molecule has 0 spiro atoms. The third-order valence-corrected chi connectivity index (χ3v) is 10.0. The van der Waals surface area contributed by atoms with Gasteiger partial charge in [0.25, 0.3) is 0 Å². The molecule has 0 N–H and O–H groups in total. The Hall–Kier alpha value is -6.64. The first-order chi connectivity index (χ1) is 24.8. The standard InChI is InChI=1S/C48H31NO/c1-2-13-32(14-3-1)33-25-28-36(29-26-33)49(45-23-12-16-34-27-30-42-41-21-9-11-24-46(41)50-48(42)47(34)45)44-22-10-8-20-40(44)43-31-35-15-4-5-17-37(35)38-18-6-7-19-39(38)43/h1-31H. The molecule has 10 aromatic rings. The second-order valence-electron chi connectivity index (χ2n) is 12.9. The number of nitrogens with zero attached hydrogens (tertiary/aromatic N) is 1. The summed E-state index contributed by atoms with van der Waals surface area (Å²) in [6, 6.07) is 67.5. The van der Waals surface area contributed by atoms with Crippen LogP contribution in [0, 0.1) is 0 Å². The van der Waals surface area contributed by atoms with Gasteiger partial charge in [-0.3, -0.25) is 0 Å². The monoisotopic (exact) mass is 637 g/mol. The van der Waals surface area contributed by atoms with Crippen LogP contribution in [0.5, 0.6) is 0 Å². The molecule has 2 heteroatoms. The first-order valence-electron chi connectivity index (χ1n) is 17.1. The summed E-state index contributed by atoms with van der Waals surface area (Å²) >= 11 is 0. The molecule has 9 aromatic carbocycles. The number of hydrogen-bond acceptors (Lipinski definition) is 2. The first-order valence-corrected chi connectivity index (χ1v) is 17.1. The average molecular weight is 638 g/mol.